The van der Waals surface area contributed by atoms with Crippen molar-refractivity contribution >= 4 is 26.0 Å². The molecule has 0 bridgehead atoms. The minimum atomic E-state index is -3.60. The Morgan fingerprint density at radius 1 is 1.35 bits per heavy atom. The standard InChI is InChI=1S/C11H14BrN5O2S/c1-13-5-8-2-3-10(9(12)4-8)20(18,19)16-6-11-14-7-15-17-11/h2-4,7,13,16H,5-6H2,1H3,(H,14,15,17). The number of nitrogens with zero attached hydrogens (tertiary/aromatic N) is 2. The average molecular weight is 360 g/mol. The van der Waals surface area contributed by atoms with Gasteiger partial charge in [0, 0.05) is 11.0 Å². The zero-order valence-corrected chi connectivity index (χ0v) is 13.1. The van der Waals surface area contributed by atoms with Gasteiger partial charge in [0.2, 0.25) is 10.0 Å². The normalized spacial score (nSPS) is 11.7. The van der Waals surface area contributed by atoms with Crippen molar-refractivity contribution < 1.29 is 8.42 Å². The van der Waals surface area contributed by atoms with Gasteiger partial charge in [0.1, 0.15) is 12.2 Å². The molecule has 2 rings (SSSR count). The molecule has 0 aliphatic heterocycles. The Morgan fingerprint density at radius 2 is 2.15 bits per heavy atom. The van der Waals surface area contributed by atoms with Crippen molar-refractivity contribution in [2.45, 2.75) is 18.0 Å². The van der Waals surface area contributed by atoms with E-state index < -0.39 is 10.0 Å². The largest absolute Gasteiger partial charge is 0.316 e. The van der Waals surface area contributed by atoms with E-state index in [-0.39, 0.29) is 11.4 Å². The first-order valence-electron chi connectivity index (χ1n) is 5.80. The first-order valence-corrected chi connectivity index (χ1v) is 8.07. The van der Waals surface area contributed by atoms with Gasteiger partial charge in [-0.15, -0.1) is 0 Å². The highest BCUT2D eigenvalue weighted by molar-refractivity contribution is 9.10. The molecule has 108 valence electrons. The van der Waals surface area contributed by atoms with Crippen molar-refractivity contribution in [2.24, 2.45) is 0 Å². The minimum absolute atomic E-state index is 0.0625. The third-order valence-electron chi connectivity index (χ3n) is 2.56. The molecule has 20 heavy (non-hydrogen) atoms. The molecule has 0 spiro atoms. The van der Waals surface area contributed by atoms with E-state index in [0.717, 1.165) is 5.56 Å². The van der Waals surface area contributed by atoms with Crippen LogP contribution in [0.1, 0.15) is 11.4 Å². The second-order valence-corrected chi connectivity index (χ2v) is 6.64. The number of benzene rings is 1. The molecule has 0 amide bonds. The fourth-order valence-electron chi connectivity index (χ4n) is 1.63. The first-order chi connectivity index (χ1) is 9.53. The zero-order valence-electron chi connectivity index (χ0n) is 10.7. The number of hydrogen-bond acceptors (Lipinski definition) is 5. The molecule has 0 saturated heterocycles. The number of nitrogens with one attached hydrogen (secondary N) is 3. The van der Waals surface area contributed by atoms with Crippen molar-refractivity contribution in [1.29, 1.82) is 0 Å². The van der Waals surface area contributed by atoms with Gasteiger partial charge in [0.15, 0.2) is 0 Å². The van der Waals surface area contributed by atoms with Crippen LogP contribution in [0, 0.1) is 0 Å². The van der Waals surface area contributed by atoms with Crippen molar-refractivity contribution in [2.75, 3.05) is 7.05 Å². The second kappa shape index (κ2) is 6.44. The molecule has 3 N–H and O–H groups in total. The molecule has 2 aromatic rings. The quantitative estimate of drug-likeness (QED) is 0.707. The molecule has 0 fully saturated rings. The SMILES string of the molecule is CNCc1ccc(S(=O)(=O)NCc2ncn[nH]2)c(Br)c1. The van der Waals surface area contributed by atoms with E-state index >= 15 is 0 Å². The van der Waals surface area contributed by atoms with Crippen molar-refractivity contribution in [3.63, 3.8) is 0 Å². The molecule has 0 atom stereocenters. The summed E-state index contributed by atoms with van der Waals surface area (Å²) >= 11 is 3.29. The van der Waals surface area contributed by atoms with Crippen LogP contribution in [0.4, 0.5) is 0 Å². The van der Waals surface area contributed by atoms with Crippen LogP contribution in [0.25, 0.3) is 0 Å². The molecule has 9 heteroatoms. The highest BCUT2D eigenvalue weighted by atomic mass is 79.9. The molecule has 1 aromatic heterocycles. The molecule has 1 heterocycles. The maximum atomic E-state index is 12.2. The van der Waals surface area contributed by atoms with Crippen molar-refractivity contribution in [3.8, 4) is 0 Å². The Kier molecular flexibility index (Phi) is 4.86. The predicted molar refractivity (Wildman–Crippen MR) is 77.3 cm³/mol. The maximum Gasteiger partial charge on any atom is 0.242 e. The Bertz CT molecular complexity index is 672. The van der Waals surface area contributed by atoms with Crippen LogP contribution in [-0.4, -0.2) is 30.6 Å². The van der Waals surface area contributed by atoms with Crippen molar-refractivity contribution in [3.05, 3.63) is 40.4 Å². The number of halogens is 1. The van der Waals surface area contributed by atoms with Gasteiger partial charge in [-0.2, -0.15) is 5.10 Å². The molecule has 0 aliphatic rings. The van der Waals surface area contributed by atoms with E-state index in [9.17, 15) is 8.42 Å². The Hall–Kier alpha value is -1.29. The van der Waals surface area contributed by atoms with Crippen LogP contribution in [0.5, 0.6) is 0 Å². The van der Waals surface area contributed by atoms with Crippen LogP contribution in [0.15, 0.2) is 33.9 Å². The Balaban J connectivity index is 2.16. The fourth-order valence-corrected chi connectivity index (χ4v) is 3.74. The van der Waals surface area contributed by atoms with Gasteiger partial charge in [-0.25, -0.2) is 18.1 Å². The lowest BCUT2D eigenvalue weighted by Gasteiger charge is -2.09. The lowest BCUT2D eigenvalue weighted by atomic mass is 10.2. The summed E-state index contributed by atoms with van der Waals surface area (Å²) in [6.07, 6.45) is 1.33. The van der Waals surface area contributed by atoms with Gasteiger partial charge in [-0.3, -0.25) is 5.10 Å². The summed E-state index contributed by atoms with van der Waals surface area (Å²) in [5.41, 5.74) is 0.994. The smallest absolute Gasteiger partial charge is 0.242 e. The summed E-state index contributed by atoms with van der Waals surface area (Å²) in [6.45, 7) is 0.734. The molecular weight excluding hydrogens is 346 g/mol. The monoisotopic (exact) mass is 359 g/mol. The number of aromatic amines is 1. The molecule has 0 radical (unpaired) electrons. The van der Waals surface area contributed by atoms with Crippen LogP contribution in [0.2, 0.25) is 0 Å². The number of H-pyrrole nitrogens is 1. The maximum absolute atomic E-state index is 12.2. The summed E-state index contributed by atoms with van der Waals surface area (Å²) in [7, 11) is -1.77. The van der Waals surface area contributed by atoms with E-state index in [0.29, 0.717) is 16.8 Å². The minimum Gasteiger partial charge on any atom is -0.316 e. The third kappa shape index (κ3) is 3.63. The number of sulfonamides is 1. The summed E-state index contributed by atoms with van der Waals surface area (Å²) in [4.78, 5) is 4.05. The molecule has 1 aromatic carbocycles. The van der Waals surface area contributed by atoms with E-state index in [1.807, 2.05) is 7.05 Å². The van der Waals surface area contributed by atoms with E-state index in [2.05, 4.69) is 41.2 Å². The molecule has 0 saturated carbocycles. The number of rotatable bonds is 6. The highest BCUT2D eigenvalue weighted by Crippen LogP contribution is 2.23. The topological polar surface area (TPSA) is 99.8 Å². The van der Waals surface area contributed by atoms with Gasteiger partial charge in [-0.05, 0) is 40.7 Å². The molecular formula is C11H14BrN5O2S. The average Bonchev–Trinajstić information content (AvgIpc) is 2.90. The lowest BCUT2D eigenvalue weighted by molar-refractivity contribution is 0.579. The fraction of sp³-hybridized carbons (Fsp3) is 0.273. The van der Waals surface area contributed by atoms with Gasteiger partial charge in [-0.1, -0.05) is 6.07 Å². The summed E-state index contributed by atoms with van der Waals surface area (Å²) in [5.74, 6) is 0.455. The van der Waals surface area contributed by atoms with E-state index in [1.165, 1.54) is 6.33 Å². The first kappa shape index (κ1) is 15.1. The van der Waals surface area contributed by atoms with Crippen molar-refractivity contribution in [1.82, 2.24) is 25.2 Å². The third-order valence-corrected chi connectivity index (χ3v) is 4.94. The lowest BCUT2D eigenvalue weighted by Crippen LogP contribution is -2.24. The van der Waals surface area contributed by atoms with Crippen LogP contribution >= 0.6 is 15.9 Å². The summed E-state index contributed by atoms with van der Waals surface area (Å²) in [5, 5.41) is 9.26. The van der Waals surface area contributed by atoms with E-state index in [4.69, 9.17) is 0 Å². The van der Waals surface area contributed by atoms with Gasteiger partial charge in [0.05, 0.1) is 11.4 Å². The molecule has 0 aliphatic carbocycles. The van der Waals surface area contributed by atoms with Crippen LogP contribution in [-0.2, 0) is 23.1 Å². The Labute approximate surface area is 125 Å². The van der Waals surface area contributed by atoms with Gasteiger partial charge >= 0.3 is 0 Å². The van der Waals surface area contributed by atoms with Crippen LogP contribution in [0.3, 0.4) is 0 Å². The zero-order chi connectivity index (χ0) is 14.6. The number of aromatic nitrogens is 3. The van der Waals surface area contributed by atoms with Gasteiger partial charge in [0.25, 0.3) is 0 Å². The van der Waals surface area contributed by atoms with Gasteiger partial charge < -0.3 is 5.32 Å². The predicted octanol–water partition coefficient (Wildman–Crippen LogP) is 0.765. The van der Waals surface area contributed by atoms with Crippen LogP contribution < -0.4 is 10.0 Å². The Morgan fingerprint density at radius 3 is 2.75 bits per heavy atom. The summed E-state index contributed by atoms with van der Waals surface area (Å²) in [6, 6.07) is 5.11. The molecule has 7 nitrogen and oxygen atoms in total. The second-order valence-electron chi connectivity index (χ2n) is 4.05. The number of hydrogen-bond donors (Lipinski definition) is 3. The summed E-state index contributed by atoms with van der Waals surface area (Å²) < 4.78 is 27.4. The molecule has 0 unspecified atom stereocenters. The highest BCUT2D eigenvalue weighted by Gasteiger charge is 2.18. The van der Waals surface area contributed by atoms with E-state index in [1.54, 1.807) is 18.2 Å².